The fourth-order valence-corrected chi connectivity index (χ4v) is 2.59. The Hall–Kier alpha value is -1.53. The maximum Gasteiger partial charge on any atom is 0.119 e. The average molecular weight is 231 g/mol. The lowest BCUT2D eigenvalue weighted by Gasteiger charge is -2.27. The molecular weight excluding hydrogens is 214 g/mol. The van der Waals surface area contributed by atoms with Crippen molar-refractivity contribution in [3.63, 3.8) is 0 Å². The average Bonchev–Trinajstić information content (AvgIpc) is 2.59. The van der Waals surface area contributed by atoms with E-state index >= 15 is 0 Å². The molecule has 90 valence electrons. The monoisotopic (exact) mass is 231 g/mol. The van der Waals surface area contributed by atoms with Gasteiger partial charge in [-0.05, 0) is 36.1 Å². The summed E-state index contributed by atoms with van der Waals surface area (Å²) in [5, 5.41) is 19.1. The number of rotatable bonds is 3. The number of hydrogen-bond donors (Lipinski definition) is 1. The highest BCUT2D eigenvalue weighted by molar-refractivity contribution is 5.42. The third kappa shape index (κ3) is 2.01. The quantitative estimate of drug-likeness (QED) is 0.869. The Bertz CT molecular complexity index is 464. The molecule has 0 spiro atoms. The van der Waals surface area contributed by atoms with E-state index < -0.39 is 6.10 Å². The van der Waals surface area contributed by atoms with Gasteiger partial charge < -0.3 is 9.84 Å². The first-order chi connectivity index (χ1) is 8.10. The molecule has 0 saturated heterocycles. The third-order valence-corrected chi connectivity index (χ3v) is 3.71. The second-order valence-corrected chi connectivity index (χ2v) is 4.96. The summed E-state index contributed by atoms with van der Waals surface area (Å²) >= 11 is 0. The molecule has 1 N–H and O–H groups in total. The third-order valence-electron chi connectivity index (χ3n) is 3.71. The topological polar surface area (TPSA) is 53.2 Å². The van der Waals surface area contributed by atoms with Crippen molar-refractivity contribution in [2.45, 2.75) is 32.3 Å². The van der Waals surface area contributed by atoms with Crippen molar-refractivity contribution in [2.24, 2.45) is 5.41 Å². The maximum atomic E-state index is 10.4. The van der Waals surface area contributed by atoms with Gasteiger partial charge in [0.15, 0.2) is 0 Å². The van der Waals surface area contributed by atoms with E-state index in [4.69, 9.17) is 10.00 Å². The number of ether oxygens (including phenoxy) is 1. The number of fused-ring (bicyclic) bond motifs is 1. The van der Waals surface area contributed by atoms with Crippen LogP contribution < -0.4 is 4.74 Å². The van der Waals surface area contributed by atoms with Crippen LogP contribution in [0.15, 0.2) is 18.2 Å². The van der Waals surface area contributed by atoms with Crippen molar-refractivity contribution in [3.8, 4) is 11.8 Å². The van der Waals surface area contributed by atoms with E-state index in [9.17, 15) is 5.11 Å². The van der Waals surface area contributed by atoms with Crippen LogP contribution in [0.5, 0.6) is 5.75 Å². The minimum absolute atomic E-state index is 0.218. The van der Waals surface area contributed by atoms with Gasteiger partial charge in [-0.1, -0.05) is 13.0 Å². The Labute approximate surface area is 102 Å². The van der Waals surface area contributed by atoms with Crippen molar-refractivity contribution in [2.75, 3.05) is 7.11 Å². The number of benzene rings is 1. The molecule has 0 aromatic heterocycles. The number of nitrogens with zero attached hydrogens (tertiary/aromatic N) is 1. The number of methoxy groups -OCH3 is 1. The molecule has 17 heavy (non-hydrogen) atoms. The zero-order valence-electron chi connectivity index (χ0n) is 10.2. The SMILES string of the molecule is COc1ccc2c(c1)C(O)C(C)(CCC#N)C2. The summed E-state index contributed by atoms with van der Waals surface area (Å²) in [5.74, 6) is 0.771. The van der Waals surface area contributed by atoms with Gasteiger partial charge in [0.1, 0.15) is 5.75 Å². The molecular formula is C14H17NO2. The van der Waals surface area contributed by atoms with Crippen LogP contribution in [0.25, 0.3) is 0 Å². The van der Waals surface area contributed by atoms with Gasteiger partial charge >= 0.3 is 0 Å². The number of aliphatic hydroxyl groups is 1. The van der Waals surface area contributed by atoms with Crippen molar-refractivity contribution in [1.82, 2.24) is 0 Å². The molecule has 1 aliphatic carbocycles. The normalized spacial score (nSPS) is 26.4. The zero-order valence-corrected chi connectivity index (χ0v) is 10.2. The molecule has 0 fully saturated rings. The van der Waals surface area contributed by atoms with Crippen LogP contribution in [0.4, 0.5) is 0 Å². The lowest BCUT2D eigenvalue weighted by atomic mass is 9.80. The van der Waals surface area contributed by atoms with Gasteiger partial charge in [-0.2, -0.15) is 5.26 Å². The van der Waals surface area contributed by atoms with E-state index in [1.54, 1.807) is 7.11 Å². The summed E-state index contributed by atoms with van der Waals surface area (Å²) in [4.78, 5) is 0. The van der Waals surface area contributed by atoms with Crippen LogP contribution in [0.1, 0.15) is 37.0 Å². The van der Waals surface area contributed by atoms with E-state index in [0.717, 1.165) is 24.2 Å². The van der Waals surface area contributed by atoms with Crippen LogP contribution in [0.3, 0.4) is 0 Å². The Morgan fingerprint density at radius 1 is 1.59 bits per heavy atom. The van der Waals surface area contributed by atoms with Gasteiger partial charge in [-0.25, -0.2) is 0 Å². The zero-order chi connectivity index (χ0) is 12.5. The van der Waals surface area contributed by atoms with E-state index in [2.05, 4.69) is 6.07 Å². The molecule has 3 nitrogen and oxygen atoms in total. The minimum Gasteiger partial charge on any atom is -0.497 e. The molecule has 2 atom stereocenters. The lowest BCUT2D eigenvalue weighted by Crippen LogP contribution is -2.21. The van der Waals surface area contributed by atoms with Crippen LogP contribution in [-0.2, 0) is 6.42 Å². The van der Waals surface area contributed by atoms with Crippen LogP contribution in [0, 0.1) is 16.7 Å². The number of hydrogen-bond acceptors (Lipinski definition) is 3. The van der Waals surface area contributed by atoms with Gasteiger partial charge in [0.05, 0.1) is 19.3 Å². The first-order valence-corrected chi connectivity index (χ1v) is 5.82. The molecule has 1 aromatic carbocycles. The molecule has 2 rings (SSSR count). The maximum absolute atomic E-state index is 10.4. The van der Waals surface area contributed by atoms with Crippen molar-refractivity contribution in [3.05, 3.63) is 29.3 Å². The van der Waals surface area contributed by atoms with E-state index in [-0.39, 0.29) is 5.41 Å². The summed E-state index contributed by atoms with van der Waals surface area (Å²) in [6, 6.07) is 7.98. The molecule has 0 bridgehead atoms. The van der Waals surface area contributed by atoms with Gasteiger partial charge in [-0.3, -0.25) is 0 Å². The van der Waals surface area contributed by atoms with Gasteiger partial charge in [0.25, 0.3) is 0 Å². The van der Waals surface area contributed by atoms with E-state index in [1.165, 1.54) is 5.56 Å². The smallest absolute Gasteiger partial charge is 0.119 e. The fourth-order valence-electron chi connectivity index (χ4n) is 2.59. The Morgan fingerprint density at radius 3 is 3.00 bits per heavy atom. The molecule has 0 saturated carbocycles. The molecule has 2 unspecified atom stereocenters. The minimum atomic E-state index is -0.499. The highest BCUT2D eigenvalue weighted by Crippen LogP contribution is 2.49. The first kappa shape index (κ1) is 11.9. The summed E-state index contributed by atoms with van der Waals surface area (Å²) in [6.45, 7) is 2.04. The Morgan fingerprint density at radius 2 is 2.35 bits per heavy atom. The predicted octanol–water partition coefficient (Wildman–Crippen LogP) is 2.59. The van der Waals surface area contributed by atoms with E-state index in [1.807, 2.05) is 25.1 Å². The van der Waals surface area contributed by atoms with Gasteiger partial charge in [0.2, 0.25) is 0 Å². The molecule has 1 aliphatic rings. The fraction of sp³-hybridized carbons (Fsp3) is 0.500. The largest absolute Gasteiger partial charge is 0.497 e. The Balaban J connectivity index is 2.29. The highest BCUT2D eigenvalue weighted by atomic mass is 16.5. The second kappa shape index (κ2) is 4.38. The molecule has 0 radical (unpaired) electrons. The molecule has 0 amide bonds. The lowest BCUT2D eigenvalue weighted by molar-refractivity contribution is 0.0470. The number of aliphatic hydroxyl groups excluding tert-OH is 1. The van der Waals surface area contributed by atoms with Crippen LogP contribution >= 0.6 is 0 Å². The molecule has 3 heteroatoms. The summed E-state index contributed by atoms with van der Waals surface area (Å²) in [7, 11) is 1.62. The van der Waals surface area contributed by atoms with Gasteiger partial charge in [-0.15, -0.1) is 0 Å². The van der Waals surface area contributed by atoms with Crippen molar-refractivity contribution < 1.29 is 9.84 Å². The van der Waals surface area contributed by atoms with Crippen LogP contribution in [0.2, 0.25) is 0 Å². The van der Waals surface area contributed by atoms with Crippen molar-refractivity contribution in [1.29, 1.82) is 5.26 Å². The standard InChI is InChI=1S/C14H17NO2/c1-14(6-3-7-15)9-10-4-5-11(17-2)8-12(10)13(14)16/h4-5,8,13,16H,3,6,9H2,1-2H3. The number of nitriles is 1. The summed E-state index contributed by atoms with van der Waals surface area (Å²) in [5.41, 5.74) is 1.90. The molecule has 1 aromatic rings. The van der Waals surface area contributed by atoms with Gasteiger partial charge in [0, 0.05) is 11.8 Å². The highest BCUT2D eigenvalue weighted by Gasteiger charge is 2.41. The molecule has 0 heterocycles. The molecule has 0 aliphatic heterocycles. The summed E-state index contributed by atoms with van der Waals surface area (Å²) < 4.78 is 5.17. The van der Waals surface area contributed by atoms with Crippen LogP contribution in [-0.4, -0.2) is 12.2 Å². The Kier molecular flexibility index (Phi) is 3.08. The second-order valence-electron chi connectivity index (χ2n) is 4.96. The predicted molar refractivity (Wildman–Crippen MR) is 64.6 cm³/mol. The van der Waals surface area contributed by atoms with Crippen molar-refractivity contribution >= 4 is 0 Å². The van der Waals surface area contributed by atoms with E-state index in [0.29, 0.717) is 6.42 Å². The summed E-state index contributed by atoms with van der Waals surface area (Å²) in [6.07, 6.45) is 1.54. The first-order valence-electron chi connectivity index (χ1n) is 5.82.